The molecule has 0 atom stereocenters. The maximum Gasteiger partial charge on any atom is 0.176 e. The third kappa shape index (κ3) is 2.65. The van der Waals surface area contributed by atoms with E-state index >= 15 is 0 Å². The van der Waals surface area contributed by atoms with Crippen molar-refractivity contribution in [2.45, 2.75) is 23.2 Å². The fourth-order valence-corrected chi connectivity index (χ4v) is 2.72. The van der Waals surface area contributed by atoms with Crippen LogP contribution >= 0.6 is 23.3 Å². The van der Waals surface area contributed by atoms with Crippen LogP contribution in [0.2, 0.25) is 0 Å². The number of hydrogen-bond acceptors (Lipinski definition) is 8. The van der Waals surface area contributed by atoms with E-state index in [1.807, 2.05) is 13.8 Å². The molecule has 0 aromatic carbocycles. The number of hydrogen-bond donors (Lipinski definition) is 2. The molecule has 2 aromatic heterocycles. The number of nitrogens with zero attached hydrogens (tertiary/aromatic N) is 4. The molecular formula is C8H10N6S2. The van der Waals surface area contributed by atoms with Gasteiger partial charge in [0.15, 0.2) is 4.34 Å². The van der Waals surface area contributed by atoms with Gasteiger partial charge < -0.3 is 5.43 Å². The topological polar surface area (TPSA) is 89.6 Å². The highest BCUT2D eigenvalue weighted by Gasteiger charge is 2.06. The minimum absolute atomic E-state index is 0.594. The van der Waals surface area contributed by atoms with Gasteiger partial charge in [0.25, 0.3) is 0 Å². The van der Waals surface area contributed by atoms with Crippen LogP contribution in [0, 0.1) is 13.8 Å². The highest BCUT2D eigenvalue weighted by atomic mass is 32.2. The molecule has 2 aromatic rings. The number of nitrogens with two attached hydrogens (primary N) is 1. The van der Waals surface area contributed by atoms with Crippen molar-refractivity contribution < 1.29 is 0 Å². The number of nitrogens with one attached hydrogen (secondary N) is 1. The van der Waals surface area contributed by atoms with E-state index in [9.17, 15) is 0 Å². The number of nitrogen functional groups attached to an aromatic ring is 1. The minimum Gasteiger partial charge on any atom is -0.308 e. The summed E-state index contributed by atoms with van der Waals surface area (Å²) in [5, 5.41) is 0.802. The third-order valence-corrected chi connectivity index (χ3v) is 3.42. The van der Waals surface area contributed by atoms with Crippen LogP contribution < -0.4 is 11.3 Å². The zero-order valence-electron chi connectivity index (χ0n) is 8.76. The summed E-state index contributed by atoms with van der Waals surface area (Å²) in [6.45, 7) is 3.68. The highest BCUT2D eigenvalue weighted by molar-refractivity contribution is 8.00. The van der Waals surface area contributed by atoms with Crippen LogP contribution in [0.1, 0.15) is 11.6 Å². The molecule has 0 spiro atoms. The molecule has 0 fully saturated rings. The summed E-state index contributed by atoms with van der Waals surface area (Å²) < 4.78 is 4.96. The average molecular weight is 254 g/mol. The molecule has 0 aliphatic rings. The minimum atomic E-state index is 0.594. The first-order chi connectivity index (χ1) is 7.67. The average Bonchev–Trinajstić information content (AvgIpc) is 2.63. The van der Waals surface area contributed by atoms with Gasteiger partial charge in [0.1, 0.15) is 22.5 Å². The Morgan fingerprint density at radius 1 is 1.25 bits per heavy atom. The lowest BCUT2D eigenvalue weighted by Gasteiger charge is -2.02. The van der Waals surface area contributed by atoms with Crippen LogP contribution in [0.5, 0.6) is 0 Å². The molecule has 0 aliphatic heterocycles. The standard InChI is InChI=1S/C8H10N6S2/c1-4-10-6(13-9)3-7(11-4)15-8-12-5(2)14-16-8/h3H,9H2,1-2H3,(H,10,11,13). The summed E-state index contributed by atoms with van der Waals surface area (Å²) in [7, 11) is 0. The Kier molecular flexibility index (Phi) is 3.32. The van der Waals surface area contributed by atoms with Crippen LogP contribution in [-0.4, -0.2) is 19.3 Å². The van der Waals surface area contributed by atoms with E-state index in [2.05, 4.69) is 24.8 Å². The summed E-state index contributed by atoms with van der Waals surface area (Å²) in [6, 6.07) is 1.77. The molecule has 8 heteroatoms. The molecule has 0 unspecified atom stereocenters. The predicted octanol–water partition coefficient (Wildman–Crippen LogP) is 1.38. The van der Waals surface area contributed by atoms with Crippen molar-refractivity contribution in [3.05, 3.63) is 17.7 Å². The van der Waals surface area contributed by atoms with Gasteiger partial charge in [0.2, 0.25) is 0 Å². The lowest BCUT2D eigenvalue weighted by atomic mass is 10.5. The summed E-state index contributed by atoms with van der Waals surface area (Å²) in [6.07, 6.45) is 0. The maximum absolute atomic E-state index is 5.31. The lowest BCUT2D eigenvalue weighted by molar-refractivity contribution is 0.962. The number of hydrazine groups is 1. The molecule has 0 radical (unpaired) electrons. The van der Waals surface area contributed by atoms with Crippen molar-refractivity contribution in [1.82, 2.24) is 19.3 Å². The molecule has 2 rings (SSSR count). The molecule has 84 valence electrons. The summed E-state index contributed by atoms with van der Waals surface area (Å²) in [4.78, 5) is 12.6. The van der Waals surface area contributed by atoms with Gasteiger partial charge in [0, 0.05) is 6.07 Å². The zero-order chi connectivity index (χ0) is 11.5. The lowest BCUT2D eigenvalue weighted by Crippen LogP contribution is -2.09. The van der Waals surface area contributed by atoms with Crippen LogP contribution in [0.3, 0.4) is 0 Å². The van der Waals surface area contributed by atoms with Crippen LogP contribution in [0.4, 0.5) is 5.82 Å². The van der Waals surface area contributed by atoms with Crippen molar-refractivity contribution >= 4 is 29.1 Å². The first kappa shape index (κ1) is 11.2. The maximum atomic E-state index is 5.31. The second-order valence-electron chi connectivity index (χ2n) is 2.99. The molecule has 0 bridgehead atoms. The fraction of sp³-hybridized carbons (Fsp3) is 0.250. The van der Waals surface area contributed by atoms with Gasteiger partial charge in [-0.05, 0) is 37.1 Å². The van der Waals surface area contributed by atoms with Gasteiger partial charge in [-0.25, -0.2) is 20.8 Å². The number of aryl methyl sites for hydroxylation is 2. The van der Waals surface area contributed by atoms with E-state index in [1.54, 1.807) is 6.07 Å². The van der Waals surface area contributed by atoms with Gasteiger partial charge in [-0.1, -0.05) is 0 Å². The molecule has 3 N–H and O–H groups in total. The van der Waals surface area contributed by atoms with Crippen molar-refractivity contribution in [2.75, 3.05) is 5.43 Å². The third-order valence-electron chi connectivity index (χ3n) is 1.66. The second kappa shape index (κ2) is 4.73. The molecule has 6 nitrogen and oxygen atoms in total. The van der Waals surface area contributed by atoms with E-state index in [0.29, 0.717) is 11.6 Å². The monoisotopic (exact) mass is 254 g/mol. The van der Waals surface area contributed by atoms with Gasteiger partial charge >= 0.3 is 0 Å². The molecule has 16 heavy (non-hydrogen) atoms. The first-order valence-electron chi connectivity index (χ1n) is 4.48. The second-order valence-corrected chi connectivity index (χ2v) is 5.01. The molecule has 0 saturated carbocycles. The first-order valence-corrected chi connectivity index (χ1v) is 6.07. The van der Waals surface area contributed by atoms with Gasteiger partial charge in [-0.2, -0.15) is 4.37 Å². The quantitative estimate of drug-likeness (QED) is 0.486. The molecular weight excluding hydrogens is 244 g/mol. The fourth-order valence-electron chi connectivity index (χ4n) is 1.08. The van der Waals surface area contributed by atoms with Crippen molar-refractivity contribution in [2.24, 2.45) is 5.84 Å². The van der Waals surface area contributed by atoms with E-state index < -0.39 is 0 Å². The van der Waals surface area contributed by atoms with Crippen molar-refractivity contribution in [1.29, 1.82) is 0 Å². The van der Waals surface area contributed by atoms with E-state index in [1.165, 1.54) is 23.3 Å². The van der Waals surface area contributed by atoms with Crippen molar-refractivity contribution in [3.8, 4) is 0 Å². The van der Waals surface area contributed by atoms with E-state index in [-0.39, 0.29) is 0 Å². The van der Waals surface area contributed by atoms with Crippen LogP contribution in [-0.2, 0) is 0 Å². The van der Waals surface area contributed by atoms with E-state index in [4.69, 9.17) is 5.84 Å². The number of anilines is 1. The zero-order valence-corrected chi connectivity index (χ0v) is 10.4. The highest BCUT2D eigenvalue weighted by Crippen LogP contribution is 2.28. The Morgan fingerprint density at radius 3 is 2.69 bits per heavy atom. The Hall–Kier alpha value is -1.25. The Bertz CT molecular complexity index is 497. The Morgan fingerprint density at radius 2 is 2.06 bits per heavy atom. The largest absolute Gasteiger partial charge is 0.308 e. The molecule has 2 heterocycles. The normalized spacial score (nSPS) is 10.4. The Labute approximate surface area is 101 Å². The summed E-state index contributed by atoms with van der Waals surface area (Å²) in [5.41, 5.74) is 2.50. The summed E-state index contributed by atoms with van der Waals surface area (Å²) >= 11 is 2.80. The predicted molar refractivity (Wildman–Crippen MR) is 63.3 cm³/mol. The summed E-state index contributed by atoms with van der Waals surface area (Å²) in [5.74, 6) is 7.34. The molecule has 0 saturated heterocycles. The van der Waals surface area contributed by atoms with Crippen molar-refractivity contribution in [3.63, 3.8) is 0 Å². The van der Waals surface area contributed by atoms with Crippen LogP contribution in [0.25, 0.3) is 0 Å². The molecule has 0 amide bonds. The Balaban J connectivity index is 2.24. The smallest absolute Gasteiger partial charge is 0.176 e. The number of aromatic nitrogens is 4. The SMILES string of the molecule is Cc1nc(NN)cc(Sc2nc(C)ns2)n1. The van der Waals surface area contributed by atoms with Crippen LogP contribution in [0.15, 0.2) is 15.4 Å². The van der Waals surface area contributed by atoms with Gasteiger partial charge in [-0.3, -0.25) is 0 Å². The van der Waals surface area contributed by atoms with E-state index in [0.717, 1.165) is 15.2 Å². The number of rotatable bonds is 3. The van der Waals surface area contributed by atoms with Gasteiger partial charge in [0.05, 0.1) is 0 Å². The molecule has 0 aliphatic carbocycles. The van der Waals surface area contributed by atoms with Gasteiger partial charge in [-0.15, -0.1) is 0 Å².